The third-order valence-corrected chi connectivity index (χ3v) is 4.04. The maximum Gasteiger partial charge on any atom is 0.228 e. The second-order valence-corrected chi connectivity index (χ2v) is 5.68. The molecule has 4 rings (SSSR count). The average molecular weight is 332 g/mol. The number of aromatic nitrogens is 2. The van der Waals surface area contributed by atoms with Crippen LogP contribution in [0.5, 0.6) is 5.75 Å². The van der Waals surface area contributed by atoms with Crippen molar-refractivity contribution in [1.29, 1.82) is 0 Å². The molecule has 6 nitrogen and oxygen atoms in total. The van der Waals surface area contributed by atoms with Gasteiger partial charge in [0.25, 0.3) is 0 Å². The molecule has 0 atom stereocenters. The summed E-state index contributed by atoms with van der Waals surface area (Å²) in [6, 6.07) is 15.2. The molecule has 3 aromatic rings. The predicted molar refractivity (Wildman–Crippen MR) is 96.1 cm³/mol. The van der Waals surface area contributed by atoms with E-state index < -0.39 is 0 Å². The number of benzene rings is 2. The van der Waals surface area contributed by atoms with Crippen molar-refractivity contribution in [2.75, 3.05) is 17.7 Å². The molecule has 0 saturated carbocycles. The highest BCUT2D eigenvalue weighted by atomic mass is 16.5. The van der Waals surface area contributed by atoms with Crippen LogP contribution in [0.25, 0.3) is 11.3 Å². The number of methoxy groups -OCH3 is 1. The summed E-state index contributed by atoms with van der Waals surface area (Å²) in [5, 5.41) is 6.04. The van der Waals surface area contributed by atoms with Crippen molar-refractivity contribution in [3.63, 3.8) is 0 Å². The second-order valence-electron chi connectivity index (χ2n) is 5.68. The molecule has 1 aliphatic heterocycles. The van der Waals surface area contributed by atoms with Gasteiger partial charge in [-0.25, -0.2) is 9.97 Å². The summed E-state index contributed by atoms with van der Waals surface area (Å²) in [7, 11) is 1.63. The van der Waals surface area contributed by atoms with E-state index in [2.05, 4.69) is 20.6 Å². The highest BCUT2D eigenvalue weighted by Gasteiger charge is 2.21. The monoisotopic (exact) mass is 332 g/mol. The normalized spacial score (nSPS) is 12.4. The molecule has 0 bridgehead atoms. The average Bonchev–Trinajstić information content (AvgIpc) is 3.02. The Morgan fingerprint density at radius 3 is 2.92 bits per heavy atom. The van der Waals surface area contributed by atoms with Crippen molar-refractivity contribution < 1.29 is 9.53 Å². The number of anilines is 3. The first-order chi connectivity index (χ1) is 12.2. The molecule has 0 saturated heterocycles. The van der Waals surface area contributed by atoms with Gasteiger partial charge in [0.1, 0.15) is 5.75 Å². The molecule has 0 radical (unpaired) electrons. The van der Waals surface area contributed by atoms with Crippen LogP contribution in [0.15, 0.2) is 54.7 Å². The number of fused-ring (bicyclic) bond motifs is 1. The van der Waals surface area contributed by atoms with Crippen LogP contribution in [-0.2, 0) is 11.2 Å². The fraction of sp³-hybridized carbons (Fsp3) is 0.105. The Balaban J connectivity index is 1.67. The largest absolute Gasteiger partial charge is 0.497 e. The fourth-order valence-corrected chi connectivity index (χ4v) is 2.89. The topological polar surface area (TPSA) is 76.1 Å². The summed E-state index contributed by atoms with van der Waals surface area (Å²) in [5.74, 6) is 1.25. The molecule has 0 fully saturated rings. The number of carbonyl (C=O) groups excluding carboxylic acids is 1. The van der Waals surface area contributed by atoms with Crippen molar-refractivity contribution in [2.45, 2.75) is 6.42 Å². The third kappa shape index (κ3) is 3.01. The van der Waals surface area contributed by atoms with Gasteiger partial charge in [0.05, 0.1) is 19.2 Å². The molecule has 2 aromatic carbocycles. The van der Waals surface area contributed by atoms with Crippen LogP contribution in [0.1, 0.15) is 5.56 Å². The van der Waals surface area contributed by atoms with Gasteiger partial charge in [0, 0.05) is 29.2 Å². The van der Waals surface area contributed by atoms with Gasteiger partial charge < -0.3 is 15.4 Å². The summed E-state index contributed by atoms with van der Waals surface area (Å²) >= 11 is 0. The van der Waals surface area contributed by atoms with Gasteiger partial charge >= 0.3 is 0 Å². The van der Waals surface area contributed by atoms with Crippen molar-refractivity contribution in [3.05, 3.63) is 60.3 Å². The first-order valence-corrected chi connectivity index (χ1v) is 7.89. The summed E-state index contributed by atoms with van der Waals surface area (Å²) in [6.07, 6.45) is 2.07. The van der Waals surface area contributed by atoms with Crippen LogP contribution >= 0.6 is 0 Å². The summed E-state index contributed by atoms with van der Waals surface area (Å²) in [6.45, 7) is 0. The number of ether oxygens (including phenoxy) is 1. The van der Waals surface area contributed by atoms with Gasteiger partial charge in [-0.2, -0.15) is 0 Å². The Labute approximate surface area is 144 Å². The van der Waals surface area contributed by atoms with E-state index >= 15 is 0 Å². The lowest BCUT2D eigenvalue weighted by atomic mass is 10.0. The number of hydrogen-bond donors (Lipinski definition) is 2. The summed E-state index contributed by atoms with van der Waals surface area (Å²) < 4.78 is 5.23. The molecular weight excluding hydrogens is 316 g/mol. The number of rotatable bonds is 4. The minimum absolute atomic E-state index is 0.00577. The Morgan fingerprint density at radius 1 is 1.16 bits per heavy atom. The van der Waals surface area contributed by atoms with Crippen molar-refractivity contribution >= 4 is 23.2 Å². The van der Waals surface area contributed by atoms with Gasteiger partial charge in [-0.15, -0.1) is 0 Å². The predicted octanol–water partition coefficient (Wildman–Crippen LogP) is 3.39. The third-order valence-electron chi connectivity index (χ3n) is 4.04. The fourth-order valence-electron chi connectivity index (χ4n) is 2.89. The van der Waals surface area contributed by atoms with E-state index in [1.54, 1.807) is 13.3 Å². The van der Waals surface area contributed by atoms with Crippen LogP contribution in [-0.4, -0.2) is 23.0 Å². The molecular formula is C19H16N4O2. The number of hydrogen-bond acceptors (Lipinski definition) is 5. The maximum absolute atomic E-state index is 11.7. The lowest BCUT2D eigenvalue weighted by Gasteiger charge is -2.10. The number of nitrogens with one attached hydrogen (secondary N) is 2. The van der Waals surface area contributed by atoms with E-state index in [0.717, 1.165) is 33.9 Å². The van der Waals surface area contributed by atoms with Crippen LogP contribution in [0, 0.1) is 0 Å². The van der Waals surface area contributed by atoms with E-state index in [0.29, 0.717) is 12.4 Å². The van der Waals surface area contributed by atoms with Crippen LogP contribution in [0.2, 0.25) is 0 Å². The highest BCUT2D eigenvalue weighted by molar-refractivity contribution is 6.01. The van der Waals surface area contributed by atoms with E-state index in [1.165, 1.54) is 0 Å². The molecule has 2 N–H and O–H groups in total. The van der Waals surface area contributed by atoms with Gasteiger partial charge in [0.2, 0.25) is 11.9 Å². The van der Waals surface area contributed by atoms with Crippen LogP contribution < -0.4 is 15.4 Å². The highest BCUT2D eigenvalue weighted by Crippen LogP contribution is 2.32. The quantitative estimate of drug-likeness (QED) is 0.766. The molecule has 124 valence electrons. The smallest absolute Gasteiger partial charge is 0.228 e. The van der Waals surface area contributed by atoms with Gasteiger partial charge in [-0.1, -0.05) is 18.2 Å². The van der Waals surface area contributed by atoms with E-state index in [1.807, 2.05) is 48.5 Å². The first-order valence-electron chi connectivity index (χ1n) is 7.89. The standard InChI is InChI=1S/C19H16N4O2/c1-25-13-5-2-4-12(10-13)21-19-20-9-8-17(23-19)14-6-3-7-16-15(14)11-18(24)22-16/h2-10H,11H2,1H3,(H,22,24)(H,20,21,23). The molecule has 1 aliphatic rings. The lowest BCUT2D eigenvalue weighted by molar-refractivity contribution is -0.115. The molecule has 0 spiro atoms. The molecule has 0 aliphatic carbocycles. The van der Waals surface area contributed by atoms with E-state index in [-0.39, 0.29) is 5.91 Å². The molecule has 0 unspecified atom stereocenters. The zero-order valence-electron chi connectivity index (χ0n) is 13.6. The second kappa shape index (κ2) is 6.24. The number of nitrogens with zero attached hydrogens (tertiary/aromatic N) is 2. The Hall–Kier alpha value is -3.41. The Morgan fingerprint density at radius 2 is 2.04 bits per heavy atom. The van der Waals surface area contributed by atoms with Crippen molar-refractivity contribution in [2.24, 2.45) is 0 Å². The van der Waals surface area contributed by atoms with E-state index in [4.69, 9.17) is 4.74 Å². The van der Waals surface area contributed by atoms with Crippen LogP contribution in [0.3, 0.4) is 0 Å². The Bertz CT molecular complexity index is 956. The maximum atomic E-state index is 11.7. The number of carbonyl (C=O) groups is 1. The molecule has 1 aromatic heterocycles. The minimum Gasteiger partial charge on any atom is -0.497 e. The molecule has 2 heterocycles. The zero-order chi connectivity index (χ0) is 17.2. The zero-order valence-corrected chi connectivity index (χ0v) is 13.6. The van der Waals surface area contributed by atoms with Gasteiger partial charge in [-0.05, 0) is 29.8 Å². The van der Waals surface area contributed by atoms with Crippen LogP contribution in [0.4, 0.5) is 17.3 Å². The molecule has 6 heteroatoms. The molecule has 1 amide bonds. The molecule has 25 heavy (non-hydrogen) atoms. The lowest BCUT2D eigenvalue weighted by Crippen LogP contribution is -2.03. The number of amides is 1. The van der Waals surface area contributed by atoms with Crippen molar-refractivity contribution in [3.8, 4) is 17.0 Å². The summed E-state index contributed by atoms with van der Waals surface area (Å²) in [4.78, 5) is 20.6. The summed E-state index contributed by atoms with van der Waals surface area (Å²) in [5.41, 5.74) is 4.37. The Kier molecular flexibility index (Phi) is 3.78. The van der Waals surface area contributed by atoms with Gasteiger partial charge in [-0.3, -0.25) is 4.79 Å². The van der Waals surface area contributed by atoms with E-state index in [9.17, 15) is 4.79 Å². The SMILES string of the molecule is COc1cccc(Nc2nccc(-c3cccc4c3CC(=O)N4)n2)c1. The van der Waals surface area contributed by atoms with Gasteiger partial charge in [0.15, 0.2) is 0 Å². The minimum atomic E-state index is 0.00577. The first kappa shape index (κ1) is 15.1. The van der Waals surface area contributed by atoms with Crippen molar-refractivity contribution in [1.82, 2.24) is 9.97 Å².